The number of hydrogen-bond acceptors (Lipinski definition) is 13. The lowest BCUT2D eigenvalue weighted by Gasteiger charge is -2.62. The van der Waals surface area contributed by atoms with Gasteiger partial charge < -0.3 is 59.1 Å². The molecular formula is C36H54O13. The van der Waals surface area contributed by atoms with Crippen LogP contribution < -0.4 is 0 Å². The van der Waals surface area contributed by atoms with E-state index in [9.17, 15) is 35.4 Å². The highest BCUT2D eigenvalue weighted by atomic mass is 16.7. The number of esters is 1. The fourth-order valence-corrected chi connectivity index (χ4v) is 11.0. The second kappa shape index (κ2) is 13.2. The molecule has 0 radical (unpaired) electrons. The third-order valence-electron chi connectivity index (χ3n) is 13.9. The van der Waals surface area contributed by atoms with Crippen molar-refractivity contribution < 1.29 is 63.9 Å². The molecule has 7 rings (SSSR count). The first-order valence-corrected chi connectivity index (χ1v) is 18.0. The van der Waals surface area contributed by atoms with Crippen LogP contribution in [0.2, 0.25) is 0 Å². The molecule has 3 aliphatic heterocycles. The maximum atomic E-state index is 12.5. The molecule has 2 saturated heterocycles. The van der Waals surface area contributed by atoms with E-state index in [2.05, 4.69) is 19.9 Å². The van der Waals surface area contributed by atoms with Crippen molar-refractivity contribution in [2.24, 2.45) is 28.6 Å². The van der Waals surface area contributed by atoms with Crippen LogP contribution in [0.25, 0.3) is 0 Å². The van der Waals surface area contributed by atoms with Crippen LogP contribution >= 0.6 is 0 Å². The standard InChI is InChI=1S/C36H54O13/c1-17-30(49-32-28(41)27(40)26(39)24(15-37)48-32)31(44-4)29(42)33(46-17)47-20-7-10-34(2)19(14-20)5-6-23-22(34)8-11-35(3)21(9-12-36(23,35)43)18-13-25(38)45-16-18/h13-14,17,20-24,26-33,37,39-43H,5-12,15-16H2,1-4H3/t17-,20+,21-,22+,23-,24-,26-,27+,28-,29-,30-,31-,32+,33+,34+,35-,36+/m1/s1. The lowest BCUT2D eigenvalue weighted by Crippen LogP contribution is -2.64. The van der Waals surface area contributed by atoms with Gasteiger partial charge in [0.1, 0.15) is 49.3 Å². The van der Waals surface area contributed by atoms with E-state index in [1.165, 1.54) is 12.7 Å². The van der Waals surface area contributed by atoms with Crippen molar-refractivity contribution in [2.45, 2.75) is 145 Å². The minimum absolute atomic E-state index is 0.0810. The van der Waals surface area contributed by atoms with Gasteiger partial charge in [-0.05, 0) is 87.0 Å². The number of carbonyl (C=O) groups excluding carboxylic acids is 1. The van der Waals surface area contributed by atoms with Gasteiger partial charge in [0.25, 0.3) is 0 Å². The molecule has 0 aromatic rings. The summed E-state index contributed by atoms with van der Waals surface area (Å²) in [5.41, 5.74) is 1.19. The first kappa shape index (κ1) is 35.9. The fourth-order valence-electron chi connectivity index (χ4n) is 11.0. The number of fused-ring (bicyclic) bond motifs is 5. The quantitative estimate of drug-likeness (QED) is 0.163. The molecule has 7 aliphatic rings. The molecular weight excluding hydrogens is 640 g/mol. The van der Waals surface area contributed by atoms with Crippen LogP contribution in [0.15, 0.2) is 23.3 Å². The Morgan fingerprint density at radius 2 is 1.63 bits per heavy atom. The lowest BCUT2D eigenvalue weighted by atomic mass is 9.45. The van der Waals surface area contributed by atoms with Crippen molar-refractivity contribution in [3.8, 4) is 0 Å². The highest BCUT2D eigenvalue weighted by Crippen LogP contribution is 2.69. The van der Waals surface area contributed by atoms with Gasteiger partial charge >= 0.3 is 5.97 Å². The van der Waals surface area contributed by atoms with Gasteiger partial charge in [0.2, 0.25) is 0 Å². The predicted molar refractivity (Wildman–Crippen MR) is 170 cm³/mol. The molecule has 17 atom stereocenters. The molecule has 0 unspecified atom stereocenters. The molecule has 6 N–H and O–H groups in total. The molecule has 13 nitrogen and oxygen atoms in total. The molecule has 4 aliphatic carbocycles. The van der Waals surface area contributed by atoms with E-state index < -0.39 is 73.6 Å². The summed E-state index contributed by atoms with van der Waals surface area (Å²) >= 11 is 0. The Bertz CT molecular complexity index is 1320. The Hall–Kier alpha value is -1.49. The smallest absolute Gasteiger partial charge is 0.331 e. The van der Waals surface area contributed by atoms with E-state index in [0.717, 1.165) is 56.9 Å². The molecule has 49 heavy (non-hydrogen) atoms. The van der Waals surface area contributed by atoms with Gasteiger partial charge in [-0.1, -0.05) is 25.5 Å². The van der Waals surface area contributed by atoms with E-state index in [4.69, 9.17) is 28.4 Å². The number of cyclic esters (lactones) is 1. The van der Waals surface area contributed by atoms with Gasteiger partial charge in [-0.2, -0.15) is 0 Å². The largest absolute Gasteiger partial charge is 0.458 e. The van der Waals surface area contributed by atoms with E-state index >= 15 is 0 Å². The van der Waals surface area contributed by atoms with Crippen LogP contribution in [0.4, 0.5) is 0 Å². The molecule has 276 valence electrons. The Kier molecular flexibility index (Phi) is 9.65. The van der Waals surface area contributed by atoms with Crippen molar-refractivity contribution in [1.29, 1.82) is 0 Å². The van der Waals surface area contributed by atoms with Crippen molar-refractivity contribution in [3.05, 3.63) is 23.3 Å². The second-order valence-corrected chi connectivity index (χ2v) is 16.1. The van der Waals surface area contributed by atoms with Gasteiger partial charge in [-0.25, -0.2) is 4.79 Å². The summed E-state index contributed by atoms with van der Waals surface area (Å²) in [4.78, 5) is 11.9. The Balaban J connectivity index is 1.02. The molecule has 3 heterocycles. The van der Waals surface area contributed by atoms with Gasteiger partial charge in [0.05, 0.1) is 24.4 Å². The van der Waals surface area contributed by atoms with Gasteiger partial charge in [0, 0.05) is 18.6 Å². The zero-order valence-corrected chi connectivity index (χ0v) is 28.8. The van der Waals surface area contributed by atoms with Crippen LogP contribution in [0.5, 0.6) is 0 Å². The number of methoxy groups -OCH3 is 1. The third-order valence-corrected chi connectivity index (χ3v) is 13.9. The lowest BCUT2D eigenvalue weighted by molar-refractivity contribution is -0.359. The summed E-state index contributed by atoms with van der Waals surface area (Å²) in [5.74, 6) is 0.375. The van der Waals surface area contributed by atoms with Crippen LogP contribution in [0.1, 0.15) is 72.1 Å². The normalized spacial score (nSPS) is 52.8. The molecule has 0 amide bonds. The first-order chi connectivity index (χ1) is 23.3. The third kappa shape index (κ3) is 5.67. The molecule has 0 aromatic carbocycles. The zero-order chi connectivity index (χ0) is 35.0. The average molecular weight is 695 g/mol. The van der Waals surface area contributed by atoms with Crippen LogP contribution in [0, 0.1) is 28.6 Å². The van der Waals surface area contributed by atoms with Crippen molar-refractivity contribution >= 4 is 5.97 Å². The predicted octanol–water partition coefficient (Wildman–Crippen LogP) is 0.855. The minimum atomic E-state index is -1.61. The van der Waals surface area contributed by atoms with Gasteiger partial charge in [-0.3, -0.25) is 0 Å². The van der Waals surface area contributed by atoms with Crippen LogP contribution in [-0.2, 0) is 33.2 Å². The van der Waals surface area contributed by atoms with Crippen molar-refractivity contribution in [2.75, 3.05) is 20.3 Å². The Morgan fingerprint density at radius 1 is 0.878 bits per heavy atom. The van der Waals surface area contributed by atoms with Crippen LogP contribution in [-0.4, -0.2) is 130 Å². The van der Waals surface area contributed by atoms with E-state index in [1.807, 2.05) is 0 Å². The SMILES string of the molecule is CO[C@@H]1[C@@H](O)[C@H](O[C@@H]2C=C3CC[C@@H]4[C@H](CC[C@]5(C)[C@@H](C6=CC(=O)OC6)CC[C@]45O)[C@@]3(C)CC2)O[C@H](C)[C@H]1O[C@@H]1O[C@H](CO)[C@@H](O)[C@H](O)[C@H]1O. The van der Waals surface area contributed by atoms with Gasteiger partial charge in [-0.15, -0.1) is 0 Å². The average Bonchev–Trinajstić information content (AvgIpc) is 3.62. The van der Waals surface area contributed by atoms with Crippen molar-refractivity contribution in [3.63, 3.8) is 0 Å². The molecule has 0 bridgehead atoms. The first-order valence-electron chi connectivity index (χ1n) is 18.0. The number of rotatable bonds is 7. The summed E-state index contributed by atoms with van der Waals surface area (Å²) < 4.78 is 34.9. The monoisotopic (exact) mass is 694 g/mol. The molecule has 13 heteroatoms. The number of aliphatic hydroxyl groups excluding tert-OH is 5. The van der Waals surface area contributed by atoms with Gasteiger partial charge in [0.15, 0.2) is 12.6 Å². The highest BCUT2D eigenvalue weighted by Gasteiger charge is 2.67. The highest BCUT2D eigenvalue weighted by molar-refractivity contribution is 5.85. The molecule has 3 saturated carbocycles. The van der Waals surface area contributed by atoms with Crippen LogP contribution in [0.3, 0.4) is 0 Å². The maximum Gasteiger partial charge on any atom is 0.331 e. The number of carbonyl (C=O) groups is 1. The fraction of sp³-hybridized carbons (Fsp3) is 0.861. The minimum Gasteiger partial charge on any atom is -0.458 e. The zero-order valence-electron chi connectivity index (χ0n) is 28.8. The Labute approximate surface area is 287 Å². The number of allylic oxidation sites excluding steroid dienone is 1. The maximum absolute atomic E-state index is 12.5. The van der Waals surface area contributed by atoms with Crippen molar-refractivity contribution in [1.82, 2.24) is 0 Å². The molecule has 0 spiro atoms. The summed E-state index contributed by atoms with van der Waals surface area (Å²) in [5, 5.41) is 64.3. The second-order valence-electron chi connectivity index (χ2n) is 16.1. The number of ether oxygens (including phenoxy) is 6. The Morgan fingerprint density at radius 3 is 2.33 bits per heavy atom. The summed E-state index contributed by atoms with van der Waals surface area (Å²) in [6, 6.07) is 0. The van der Waals surface area contributed by atoms with E-state index in [1.54, 1.807) is 13.0 Å². The number of hydrogen-bond donors (Lipinski definition) is 6. The number of aliphatic hydroxyl groups is 6. The summed E-state index contributed by atoms with van der Waals surface area (Å²) in [6.45, 7) is 6.04. The summed E-state index contributed by atoms with van der Waals surface area (Å²) in [7, 11) is 1.42. The van der Waals surface area contributed by atoms with E-state index in [0.29, 0.717) is 12.5 Å². The molecule has 5 fully saturated rings. The molecule has 0 aromatic heterocycles. The van der Waals surface area contributed by atoms with E-state index in [-0.39, 0.29) is 34.7 Å². The topological polar surface area (TPSA) is 194 Å². The summed E-state index contributed by atoms with van der Waals surface area (Å²) in [6.07, 6.45) is -1.73.